The van der Waals surface area contributed by atoms with Gasteiger partial charge in [0.2, 0.25) is 0 Å². The monoisotopic (exact) mass is 399 g/mol. The molecule has 154 valence electrons. The maximum atomic E-state index is 12.2. The molecule has 0 saturated carbocycles. The second-order valence-corrected chi connectivity index (χ2v) is 6.73. The molecular weight excluding hydrogens is 374 g/mol. The van der Waals surface area contributed by atoms with Crippen molar-refractivity contribution in [1.82, 2.24) is 15.3 Å². The maximum absolute atomic E-state index is 12.2. The van der Waals surface area contributed by atoms with Crippen molar-refractivity contribution in [2.75, 3.05) is 44.1 Å². The summed E-state index contributed by atoms with van der Waals surface area (Å²) in [6.07, 6.45) is 6.90. The number of nitrogens with zero attached hydrogens (tertiary/aromatic N) is 3. The van der Waals surface area contributed by atoms with Gasteiger partial charge in [-0.1, -0.05) is 0 Å². The Balaban J connectivity index is 1.44. The first-order chi connectivity index (χ1) is 14.1. The Hall–Kier alpha value is -3.36. The minimum absolute atomic E-state index is 0.320. The Bertz CT molecular complexity index is 838. The van der Waals surface area contributed by atoms with Gasteiger partial charge in [-0.25, -0.2) is 4.98 Å². The Morgan fingerprint density at radius 2 is 1.86 bits per heavy atom. The van der Waals surface area contributed by atoms with E-state index in [-0.39, 0.29) is 0 Å². The van der Waals surface area contributed by atoms with Gasteiger partial charge in [0, 0.05) is 43.8 Å². The van der Waals surface area contributed by atoms with Gasteiger partial charge in [-0.3, -0.25) is 14.6 Å². The summed E-state index contributed by atoms with van der Waals surface area (Å²) in [5, 5.41) is 5.30. The number of carbonyl (C=O) groups excluding carboxylic acids is 2. The van der Waals surface area contributed by atoms with Crippen molar-refractivity contribution in [3.05, 3.63) is 36.8 Å². The summed E-state index contributed by atoms with van der Waals surface area (Å²) in [6.45, 7) is 2.15. The number of nitrogens with one attached hydrogen (secondary N) is 2. The zero-order valence-corrected chi connectivity index (χ0v) is 16.6. The fourth-order valence-electron chi connectivity index (χ4n) is 3.24. The van der Waals surface area contributed by atoms with Crippen molar-refractivity contribution in [2.24, 2.45) is 5.92 Å². The molecule has 1 aromatic heterocycles. The van der Waals surface area contributed by atoms with Crippen molar-refractivity contribution in [2.45, 2.75) is 12.8 Å². The lowest BCUT2D eigenvalue weighted by Crippen LogP contribution is -2.42. The molecule has 9 nitrogen and oxygen atoms in total. The van der Waals surface area contributed by atoms with Gasteiger partial charge in [0.25, 0.3) is 0 Å². The summed E-state index contributed by atoms with van der Waals surface area (Å²) in [4.78, 5) is 34.9. The molecule has 1 aliphatic heterocycles. The number of carbonyl (C=O) groups is 2. The third kappa shape index (κ3) is 5.34. The quantitative estimate of drug-likeness (QED) is 0.709. The first-order valence-electron chi connectivity index (χ1n) is 9.43. The van der Waals surface area contributed by atoms with E-state index in [4.69, 9.17) is 9.47 Å². The zero-order valence-electron chi connectivity index (χ0n) is 16.6. The van der Waals surface area contributed by atoms with Gasteiger partial charge in [0.05, 0.1) is 20.4 Å². The van der Waals surface area contributed by atoms with Crippen LogP contribution in [0.15, 0.2) is 36.8 Å². The fraction of sp³-hybridized carbons (Fsp3) is 0.400. The van der Waals surface area contributed by atoms with E-state index in [2.05, 4.69) is 25.5 Å². The number of benzene rings is 1. The lowest BCUT2D eigenvalue weighted by atomic mass is 9.97. The minimum Gasteiger partial charge on any atom is -0.493 e. The average molecular weight is 399 g/mol. The Kier molecular flexibility index (Phi) is 6.83. The van der Waals surface area contributed by atoms with Crippen LogP contribution in [-0.2, 0) is 9.59 Å². The number of hydrogen-bond acceptors (Lipinski definition) is 7. The molecule has 0 aliphatic carbocycles. The van der Waals surface area contributed by atoms with Crippen LogP contribution in [0.5, 0.6) is 11.5 Å². The first-order valence-corrected chi connectivity index (χ1v) is 9.43. The number of anilines is 2. The molecule has 0 atom stereocenters. The van der Waals surface area contributed by atoms with Gasteiger partial charge in [0.1, 0.15) is 5.82 Å². The molecule has 9 heteroatoms. The van der Waals surface area contributed by atoms with Gasteiger partial charge in [-0.15, -0.1) is 0 Å². The summed E-state index contributed by atoms with van der Waals surface area (Å²) < 4.78 is 10.4. The van der Waals surface area contributed by atoms with Crippen LogP contribution in [0.2, 0.25) is 0 Å². The summed E-state index contributed by atoms with van der Waals surface area (Å²) in [6, 6.07) is 4.91. The summed E-state index contributed by atoms with van der Waals surface area (Å²) >= 11 is 0. The zero-order chi connectivity index (χ0) is 20.6. The van der Waals surface area contributed by atoms with Gasteiger partial charge in [-0.2, -0.15) is 0 Å². The molecule has 0 bridgehead atoms. The van der Waals surface area contributed by atoms with Crippen LogP contribution in [-0.4, -0.2) is 55.6 Å². The highest BCUT2D eigenvalue weighted by molar-refractivity contribution is 6.39. The lowest BCUT2D eigenvalue weighted by Gasteiger charge is -2.32. The molecule has 1 aromatic carbocycles. The van der Waals surface area contributed by atoms with Gasteiger partial charge in [-0.05, 0) is 30.9 Å². The first kappa shape index (κ1) is 20.4. The van der Waals surface area contributed by atoms with E-state index in [0.717, 1.165) is 31.7 Å². The Morgan fingerprint density at radius 1 is 1.10 bits per heavy atom. The molecule has 2 aromatic rings. The van der Waals surface area contributed by atoms with E-state index in [1.54, 1.807) is 36.8 Å². The normalized spacial score (nSPS) is 14.2. The Morgan fingerprint density at radius 3 is 2.52 bits per heavy atom. The van der Waals surface area contributed by atoms with Crippen LogP contribution in [0.1, 0.15) is 12.8 Å². The largest absolute Gasteiger partial charge is 0.493 e. The van der Waals surface area contributed by atoms with Crippen LogP contribution in [0, 0.1) is 5.92 Å². The number of piperidine rings is 1. The second-order valence-electron chi connectivity index (χ2n) is 6.73. The van der Waals surface area contributed by atoms with Crippen molar-refractivity contribution in [1.29, 1.82) is 0 Å². The van der Waals surface area contributed by atoms with Gasteiger partial charge < -0.3 is 25.0 Å². The van der Waals surface area contributed by atoms with Gasteiger partial charge in [0.15, 0.2) is 11.5 Å². The van der Waals surface area contributed by atoms with E-state index < -0.39 is 11.8 Å². The van der Waals surface area contributed by atoms with Crippen LogP contribution < -0.4 is 25.0 Å². The number of methoxy groups -OCH3 is 2. The highest BCUT2D eigenvalue weighted by Crippen LogP contribution is 2.29. The lowest BCUT2D eigenvalue weighted by molar-refractivity contribution is -0.136. The van der Waals surface area contributed by atoms with Crippen LogP contribution >= 0.6 is 0 Å². The summed E-state index contributed by atoms with van der Waals surface area (Å²) in [7, 11) is 3.03. The van der Waals surface area contributed by atoms with Gasteiger partial charge >= 0.3 is 11.8 Å². The van der Waals surface area contributed by atoms with Crippen molar-refractivity contribution in [3.8, 4) is 11.5 Å². The van der Waals surface area contributed by atoms with Crippen LogP contribution in [0.25, 0.3) is 0 Å². The van der Waals surface area contributed by atoms with Crippen LogP contribution in [0.4, 0.5) is 11.5 Å². The number of aromatic nitrogens is 2. The molecule has 2 heterocycles. The summed E-state index contributed by atoms with van der Waals surface area (Å²) in [5.74, 6) is 0.832. The van der Waals surface area contributed by atoms with E-state index in [1.807, 2.05) is 0 Å². The molecule has 2 N–H and O–H groups in total. The molecule has 0 radical (unpaired) electrons. The standard InChI is InChI=1S/C20H25N5O4/c1-28-16-4-3-15(11-17(16)29-2)24-20(27)19(26)23-12-14-5-9-25(10-6-14)18-13-21-7-8-22-18/h3-4,7-8,11,13-14H,5-6,9-10,12H2,1-2H3,(H,23,26)(H,24,27). The minimum atomic E-state index is -0.714. The maximum Gasteiger partial charge on any atom is 0.313 e. The molecule has 1 saturated heterocycles. The summed E-state index contributed by atoms with van der Waals surface area (Å²) in [5.41, 5.74) is 0.458. The fourth-order valence-corrected chi connectivity index (χ4v) is 3.24. The predicted molar refractivity (Wildman–Crippen MR) is 108 cm³/mol. The van der Waals surface area contributed by atoms with E-state index in [9.17, 15) is 9.59 Å². The smallest absolute Gasteiger partial charge is 0.313 e. The molecule has 3 rings (SSSR count). The molecule has 29 heavy (non-hydrogen) atoms. The second kappa shape index (κ2) is 9.72. The highest BCUT2D eigenvalue weighted by Gasteiger charge is 2.22. The molecule has 2 amide bonds. The molecule has 1 fully saturated rings. The van der Waals surface area contributed by atoms with Crippen molar-refractivity contribution in [3.63, 3.8) is 0 Å². The average Bonchev–Trinajstić information content (AvgIpc) is 2.78. The predicted octanol–water partition coefficient (Wildman–Crippen LogP) is 1.47. The third-order valence-corrected chi connectivity index (χ3v) is 4.89. The van der Waals surface area contributed by atoms with E-state index >= 15 is 0 Å². The number of amides is 2. The number of rotatable bonds is 6. The SMILES string of the molecule is COc1ccc(NC(=O)C(=O)NCC2CCN(c3cnccn3)CC2)cc1OC. The van der Waals surface area contributed by atoms with Crippen molar-refractivity contribution >= 4 is 23.3 Å². The topological polar surface area (TPSA) is 106 Å². The third-order valence-electron chi connectivity index (χ3n) is 4.89. The highest BCUT2D eigenvalue weighted by atomic mass is 16.5. The Labute approximate surface area is 169 Å². The molecular formula is C20H25N5O4. The molecule has 0 unspecified atom stereocenters. The molecule has 1 aliphatic rings. The number of hydrogen-bond donors (Lipinski definition) is 2. The number of ether oxygens (including phenoxy) is 2. The van der Waals surface area contributed by atoms with Crippen LogP contribution in [0.3, 0.4) is 0 Å². The van der Waals surface area contributed by atoms with E-state index in [1.165, 1.54) is 14.2 Å². The molecule has 0 spiro atoms. The van der Waals surface area contributed by atoms with Crippen molar-refractivity contribution < 1.29 is 19.1 Å². The van der Waals surface area contributed by atoms with E-state index in [0.29, 0.717) is 29.6 Å².